The fourth-order valence-corrected chi connectivity index (χ4v) is 0.909. The summed E-state index contributed by atoms with van der Waals surface area (Å²) in [5, 5.41) is 8.04. The Morgan fingerprint density at radius 1 is 1.70 bits per heavy atom. The monoisotopic (exact) mass is 194 g/mol. The van der Waals surface area contributed by atoms with Gasteiger partial charge in [0.05, 0.1) is 6.42 Å². The number of carboxylic acids is 1. The van der Waals surface area contributed by atoms with Crippen LogP contribution in [0.5, 0.6) is 0 Å². The van der Waals surface area contributed by atoms with Crippen LogP contribution >= 0.6 is 7.37 Å². The van der Waals surface area contributed by atoms with Gasteiger partial charge >= 0.3 is 43.7 Å². The first-order valence-electron chi connectivity index (χ1n) is 2.43. The summed E-state index contributed by atoms with van der Waals surface area (Å²) in [7, 11) is -3.10. The molecule has 4 nitrogen and oxygen atoms in total. The van der Waals surface area contributed by atoms with Crippen molar-refractivity contribution in [3.63, 3.8) is 0 Å². The average molecular weight is 194 g/mol. The van der Waals surface area contributed by atoms with E-state index in [1.165, 1.54) is 0 Å². The van der Waals surface area contributed by atoms with E-state index in [-0.39, 0.29) is 53.2 Å². The summed E-state index contributed by atoms with van der Waals surface area (Å²) in [6.07, 6.45) is -0.368. The molecule has 1 unspecified atom stereocenters. The zero-order valence-corrected chi connectivity index (χ0v) is 8.88. The Kier molecular flexibility index (Phi) is 7.50. The molecule has 10 heavy (non-hydrogen) atoms. The molecule has 0 saturated carbocycles. The van der Waals surface area contributed by atoms with Crippen molar-refractivity contribution in [3.05, 3.63) is 0 Å². The van der Waals surface area contributed by atoms with Gasteiger partial charge < -0.3 is 12.9 Å². The molecule has 0 aliphatic rings. The summed E-state index contributed by atoms with van der Waals surface area (Å²) >= 11 is 0. The number of aliphatic carboxylic acids is 1. The maximum absolute atomic E-state index is 10.4. The van der Waals surface area contributed by atoms with Crippen molar-refractivity contribution in [1.82, 2.24) is 0 Å². The van der Waals surface area contributed by atoms with E-state index in [0.29, 0.717) is 0 Å². The number of carboxylic acid groups (broad SMARTS) is 1. The maximum Gasteiger partial charge on any atom is 2.00 e. The summed E-state index contributed by atoms with van der Waals surface area (Å²) in [6, 6.07) is 0. The fourth-order valence-electron chi connectivity index (χ4n) is 0.303. The van der Waals surface area contributed by atoms with Crippen molar-refractivity contribution in [2.75, 3.05) is 12.8 Å². The SMILES string of the molecule is CP(=O)(O)CCC(=O)O.[Ca+2].[H-].[H-]. The number of hydrogen-bond acceptors (Lipinski definition) is 2. The third kappa shape index (κ3) is 11.7. The second kappa shape index (κ2) is 5.55. The van der Waals surface area contributed by atoms with Crippen LogP contribution in [-0.2, 0) is 9.36 Å². The molecule has 0 saturated heterocycles. The van der Waals surface area contributed by atoms with Gasteiger partial charge in [0.25, 0.3) is 0 Å². The number of carbonyl (C=O) groups is 1. The predicted octanol–water partition coefficient (Wildman–Crippen LogP) is 0.205. The Labute approximate surface area is 92.0 Å². The van der Waals surface area contributed by atoms with Crippen LogP contribution in [-0.4, -0.2) is 66.5 Å². The van der Waals surface area contributed by atoms with E-state index in [1.54, 1.807) is 0 Å². The summed E-state index contributed by atoms with van der Waals surface area (Å²) < 4.78 is 10.4. The van der Waals surface area contributed by atoms with Crippen LogP contribution in [0.1, 0.15) is 9.27 Å². The quantitative estimate of drug-likeness (QED) is 0.497. The molecule has 0 heterocycles. The fraction of sp³-hybridized carbons (Fsp3) is 0.750. The van der Waals surface area contributed by atoms with Crippen LogP contribution in [0.15, 0.2) is 0 Å². The molecule has 2 N–H and O–H groups in total. The van der Waals surface area contributed by atoms with E-state index in [1.807, 2.05) is 0 Å². The largest absolute Gasteiger partial charge is 2.00 e. The normalized spacial score (nSPS) is 15.0. The molecule has 0 amide bonds. The molecular formula is C4H11CaO4P. The van der Waals surface area contributed by atoms with Crippen LogP contribution in [0, 0.1) is 0 Å². The molecule has 0 aliphatic heterocycles. The first-order valence-corrected chi connectivity index (χ1v) is 4.72. The third-order valence-corrected chi connectivity index (χ3v) is 1.79. The predicted molar refractivity (Wildman–Crippen MR) is 40.8 cm³/mol. The van der Waals surface area contributed by atoms with Crippen LogP contribution < -0.4 is 0 Å². The van der Waals surface area contributed by atoms with Crippen molar-refractivity contribution in [1.29, 1.82) is 0 Å². The molecule has 0 aliphatic carbocycles. The van der Waals surface area contributed by atoms with E-state index < -0.39 is 13.3 Å². The minimum Gasteiger partial charge on any atom is -1.00 e. The van der Waals surface area contributed by atoms with E-state index >= 15 is 0 Å². The molecule has 1 atom stereocenters. The summed E-state index contributed by atoms with van der Waals surface area (Å²) in [5.74, 6) is -1.04. The number of rotatable bonds is 3. The van der Waals surface area contributed by atoms with Crippen LogP contribution in [0.4, 0.5) is 0 Å². The third-order valence-electron chi connectivity index (χ3n) is 0.741. The van der Waals surface area contributed by atoms with Gasteiger partial charge in [-0.25, -0.2) is 0 Å². The van der Waals surface area contributed by atoms with Gasteiger partial charge in [0.1, 0.15) is 0 Å². The minimum absolute atomic E-state index is 0. The van der Waals surface area contributed by atoms with E-state index in [4.69, 9.17) is 10.00 Å². The molecule has 0 aromatic heterocycles. The van der Waals surface area contributed by atoms with Crippen LogP contribution in [0.3, 0.4) is 0 Å². The van der Waals surface area contributed by atoms with Gasteiger partial charge in [-0.15, -0.1) is 0 Å². The maximum atomic E-state index is 10.4. The standard InChI is InChI=1S/C4H9O4P.Ca.2H/c1-9(7,8)3-2-4(5)6;;;/h2-3H2,1H3,(H,5,6)(H,7,8);;;/q;+2;2*-1. The second-order valence-corrected chi connectivity index (χ2v) is 4.47. The van der Waals surface area contributed by atoms with E-state index in [9.17, 15) is 9.36 Å². The molecular weight excluding hydrogens is 183 g/mol. The molecule has 0 radical (unpaired) electrons. The first-order chi connectivity index (χ1) is 3.92. The van der Waals surface area contributed by atoms with E-state index in [0.717, 1.165) is 6.66 Å². The summed E-state index contributed by atoms with van der Waals surface area (Å²) in [5.41, 5.74) is 0. The Balaban J connectivity index is -0.000000107. The Hall–Kier alpha value is 0.920. The van der Waals surface area contributed by atoms with Crippen molar-refractivity contribution >= 4 is 51.1 Å². The van der Waals surface area contributed by atoms with Gasteiger partial charge in [-0.2, -0.15) is 0 Å². The zero-order valence-electron chi connectivity index (χ0n) is 7.78. The van der Waals surface area contributed by atoms with Crippen LogP contribution in [0.25, 0.3) is 0 Å². The van der Waals surface area contributed by atoms with Crippen molar-refractivity contribution in [2.24, 2.45) is 0 Å². The van der Waals surface area contributed by atoms with Gasteiger partial charge in [0, 0.05) is 12.8 Å². The van der Waals surface area contributed by atoms with Crippen molar-refractivity contribution in [3.8, 4) is 0 Å². The zero-order chi connectivity index (χ0) is 7.49. The molecule has 0 aromatic rings. The van der Waals surface area contributed by atoms with E-state index in [2.05, 4.69) is 0 Å². The molecule has 0 rings (SSSR count). The minimum atomic E-state index is -3.10. The van der Waals surface area contributed by atoms with Gasteiger partial charge in [0.15, 0.2) is 7.37 Å². The Bertz CT molecular complexity index is 159. The summed E-state index contributed by atoms with van der Waals surface area (Å²) in [6.45, 7) is 1.15. The Morgan fingerprint density at radius 2 is 2.10 bits per heavy atom. The number of hydrogen-bond donors (Lipinski definition) is 2. The van der Waals surface area contributed by atoms with Gasteiger partial charge in [-0.05, 0) is 0 Å². The molecule has 0 spiro atoms. The molecule has 6 heteroatoms. The first kappa shape index (κ1) is 13.5. The smallest absolute Gasteiger partial charge is 1.00 e. The van der Waals surface area contributed by atoms with Gasteiger partial charge in [-0.1, -0.05) is 0 Å². The van der Waals surface area contributed by atoms with Crippen molar-refractivity contribution in [2.45, 2.75) is 6.42 Å². The molecule has 0 fully saturated rings. The molecule has 58 valence electrons. The topological polar surface area (TPSA) is 74.6 Å². The molecule has 0 aromatic carbocycles. The van der Waals surface area contributed by atoms with Crippen LogP contribution in [0.2, 0.25) is 0 Å². The average Bonchev–Trinajstić information content (AvgIpc) is 1.59. The summed E-state index contributed by atoms with van der Waals surface area (Å²) in [4.78, 5) is 18.4. The van der Waals surface area contributed by atoms with Gasteiger partial charge in [0.2, 0.25) is 0 Å². The second-order valence-electron chi connectivity index (χ2n) is 1.92. The van der Waals surface area contributed by atoms with Gasteiger partial charge in [-0.3, -0.25) is 9.36 Å². The Morgan fingerprint density at radius 3 is 2.20 bits per heavy atom. The molecule has 0 bridgehead atoms. The van der Waals surface area contributed by atoms with Crippen molar-refractivity contribution < 1.29 is 22.2 Å².